The lowest BCUT2D eigenvalue weighted by atomic mass is 10.3. The number of piperazine rings is 1. The Hall–Kier alpha value is -1.98. The SMILES string of the molecule is CN1CCN(c2ncnc(Nc3ccc(P(C)(C)=O)cc3)n2)CC1. The smallest absolute Gasteiger partial charge is 0.231 e. The molecule has 1 aliphatic rings. The summed E-state index contributed by atoms with van der Waals surface area (Å²) in [5.74, 6) is 1.21. The molecule has 1 saturated heterocycles. The standard InChI is InChI=1S/C16H23N6OP/c1-21-8-10-22(11-9-21)16-18-12-17-15(20-16)19-13-4-6-14(7-5-13)24(2,3)23/h4-7,12H,8-11H2,1-3H3,(H,17,18,19,20). The third kappa shape index (κ3) is 4.10. The molecule has 1 N–H and O–H groups in total. The van der Waals surface area contributed by atoms with Gasteiger partial charge in [0.15, 0.2) is 0 Å². The van der Waals surface area contributed by atoms with Crippen molar-refractivity contribution in [3.8, 4) is 0 Å². The maximum atomic E-state index is 12.1. The normalized spacial score (nSPS) is 16.2. The first kappa shape index (κ1) is 16.9. The quantitative estimate of drug-likeness (QED) is 0.843. The fourth-order valence-electron chi connectivity index (χ4n) is 2.54. The molecule has 0 atom stereocenters. The highest BCUT2D eigenvalue weighted by Crippen LogP contribution is 2.34. The molecule has 0 saturated carbocycles. The van der Waals surface area contributed by atoms with Crippen molar-refractivity contribution >= 4 is 30.0 Å². The van der Waals surface area contributed by atoms with Gasteiger partial charge in [0.25, 0.3) is 0 Å². The summed E-state index contributed by atoms with van der Waals surface area (Å²) >= 11 is 0. The molecule has 2 aromatic rings. The molecule has 1 aromatic heterocycles. The van der Waals surface area contributed by atoms with Crippen LogP contribution in [0.3, 0.4) is 0 Å². The molecule has 1 fully saturated rings. The third-order valence-electron chi connectivity index (χ3n) is 4.09. The van der Waals surface area contributed by atoms with Crippen LogP contribution < -0.4 is 15.5 Å². The van der Waals surface area contributed by atoms with Gasteiger partial charge in [0.1, 0.15) is 13.5 Å². The van der Waals surface area contributed by atoms with Crippen LogP contribution in [0, 0.1) is 0 Å². The summed E-state index contributed by atoms with van der Waals surface area (Å²) in [6, 6.07) is 7.56. The molecular formula is C16H23N6OP. The predicted molar refractivity (Wildman–Crippen MR) is 98.4 cm³/mol. The lowest BCUT2D eigenvalue weighted by Crippen LogP contribution is -2.45. The molecule has 0 amide bonds. The van der Waals surface area contributed by atoms with E-state index in [-0.39, 0.29) is 0 Å². The maximum absolute atomic E-state index is 12.1. The van der Waals surface area contributed by atoms with Crippen molar-refractivity contribution in [2.45, 2.75) is 0 Å². The molecule has 0 unspecified atom stereocenters. The minimum Gasteiger partial charge on any atom is -0.338 e. The van der Waals surface area contributed by atoms with Gasteiger partial charge in [-0.3, -0.25) is 0 Å². The lowest BCUT2D eigenvalue weighted by Gasteiger charge is -2.32. The summed E-state index contributed by atoms with van der Waals surface area (Å²) in [5, 5.41) is 4.04. The van der Waals surface area contributed by atoms with Crippen molar-refractivity contribution < 1.29 is 4.57 Å². The van der Waals surface area contributed by atoms with Crippen LogP contribution in [0.5, 0.6) is 0 Å². The molecule has 7 nitrogen and oxygen atoms in total. The van der Waals surface area contributed by atoms with E-state index in [1.807, 2.05) is 24.3 Å². The molecule has 1 aliphatic heterocycles. The zero-order chi connectivity index (χ0) is 17.2. The van der Waals surface area contributed by atoms with Crippen LogP contribution in [0.15, 0.2) is 30.6 Å². The number of benzene rings is 1. The van der Waals surface area contributed by atoms with E-state index in [9.17, 15) is 4.57 Å². The summed E-state index contributed by atoms with van der Waals surface area (Å²) in [5.41, 5.74) is 0.864. The van der Waals surface area contributed by atoms with Crippen molar-refractivity contribution in [1.82, 2.24) is 19.9 Å². The second-order valence-electron chi connectivity index (χ2n) is 6.42. The van der Waals surface area contributed by atoms with Gasteiger partial charge in [-0.2, -0.15) is 4.98 Å². The number of likely N-dealkylation sites (N-methyl/N-ethyl adjacent to an activating group) is 1. The molecule has 0 radical (unpaired) electrons. The Kier molecular flexibility index (Phi) is 4.83. The number of nitrogens with zero attached hydrogens (tertiary/aromatic N) is 5. The Labute approximate surface area is 142 Å². The van der Waals surface area contributed by atoms with E-state index in [2.05, 4.69) is 37.1 Å². The van der Waals surface area contributed by atoms with Crippen LogP contribution in [-0.2, 0) is 4.57 Å². The zero-order valence-corrected chi connectivity index (χ0v) is 15.2. The number of hydrogen-bond donors (Lipinski definition) is 1. The van der Waals surface area contributed by atoms with Gasteiger partial charge in [-0.05, 0) is 44.6 Å². The minimum atomic E-state index is -2.23. The summed E-state index contributed by atoms with van der Waals surface area (Å²) < 4.78 is 12.1. The van der Waals surface area contributed by atoms with Gasteiger partial charge in [0.05, 0.1) is 0 Å². The van der Waals surface area contributed by atoms with Crippen LogP contribution in [0.4, 0.5) is 17.6 Å². The maximum Gasteiger partial charge on any atom is 0.231 e. The van der Waals surface area contributed by atoms with Gasteiger partial charge >= 0.3 is 0 Å². The predicted octanol–water partition coefficient (Wildman–Crippen LogP) is 1.61. The molecule has 2 heterocycles. The topological polar surface area (TPSA) is 74.2 Å². The Bertz CT molecular complexity index is 736. The second-order valence-corrected chi connectivity index (χ2v) is 9.64. The molecule has 0 bridgehead atoms. The fourth-order valence-corrected chi connectivity index (χ4v) is 3.41. The molecule has 24 heavy (non-hydrogen) atoms. The Morgan fingerprint density at radius 1 is 1.04 bits per heavy atom. The first-order chi connectivity index (χ1) is 11.4. The summed E-state index contributed by atoms with van der Waals surface area (Å²) in [4.78, 5) is 17.4. The van der Waals surface area contributed by atoms with E-state index in [1.165, 1.54) is 6.33 Å². The van der Waals surface area contributed by atoms with Gasteiger partial charge < -0.3 is 19.7 Å². The highest BCUT2D eigenvalue weighted by molar-refractivity contribution is 7.70. The first-order valence-electron chi connectivity index (χ1n) is 7.97. The second kappa shape index (κ2) is 6.87. The molecular weight excluding hydrogens is 323 g/mol. The number of rotatable bonds is 4. The fraction of sp³-hybridized carbons (Fsp3) is 0.438. The minimum absolute atomic E-state index is 0.517. The number of nitrogens with one attached hydrogen (secondary N) is 1. The monoisotopic (exact) mass is 346 g/mol. The summed E-state index contributed by atoms with van der Waals surface area (Å²) in [6.45, 7) is 7.37. The van der Waals surface area contributed by atoms with Gasteiger partial charge in [-0.25, -0.2) is 9.97 Å². The van der Waals surface area contributed by atoms with Crippen LogP contribution in [0.1, 0.15) is 0 Å². The van der Waals surface area contributed by atoms with Crippen LogP contribution >= 0.6 is 7.14 Å². The Morgan fingerprint density at radius 3 is 2.33 bits per heavy atom. The molecule has 128 valence electrons. The van der Waals surface area contributed by atoms with Crippen molar-refractivity contribution in [2.24, 2.45) is 0 Å². The lowest BCUT2D eigenvalue weighted by molar-refractivity contribution is 0.311. The molecule has 3 rings (SSSR count). The summed E-state index contributed by atoms with van der Waals surface area (Å²) in [7, 11) is -0.114. The van der Waals surface area contributed by atoms with E-state index >= 15 is 0 Å². The third-order valence-corrected chi connectivity index (χ3v) is 5.63. The van der Waals surface area contributed by atoms with Crippen LogP contribution in [-0.4, -0.2) is 66.4 Å². The van der Waals surface area contributed by atoms with Crippen LogP contribution in [0.25, 0.3) is 0 Å². The molecule has 1 aromatic carbocycles. The van der Waals surface area contributed by atoms with E-state index in [0.717, 1.165) is 37.2 Å². The number of hydrogen-bond acceptors (Lipinski definition) is 7. The van der Waals surface area contributed by atoms with Crippen molar-refractivity contribution in [1.29, 1.82) is 0 Å². The summed E-state index contributed by atoms with van der Waals surface area (Å²) in [6.07, 6.45) is 1.53. The zero-order valence-electron chi connectivity index (χ0n) is 14.3. The van der Waals surface area contributed by atoms with Gasteiger partial charge in [-0.1, -0.05) is 0 Å². The van der Waals surface area contributed by atoms with Gasteiger partial charge in [-0.15, -0.1) is 0 Å². The van der Waals surface area contributed by atoms with Crippen LogP contribution in [0.2, 0.25) is 0 Å². The van der Waals surface area contributed by atoms with Crippen molar-refractivity contribution in [3.63, 3.8) is 0 Å². The highest BCUT2D eigenvalue weighted by atomic mass is 31.2. The highest BCUT2D eigenvalue weighted by Gasteiger charge is 2.17. The Morgan fingerprint density at radius 2 is 1.71 bits per heavy atom. The number of anilines is 3. The number of aromatic nitrogens is 3. The van der Waals surface area contributed by atoms with Crippen molar-refractivity contribution in [3.05, 3.63) is 30.6 Å². The van der Waals surface area contributed by atoms with Gasteiger partial charge in [0.2, 0.25) is 11.9 Å². The van der Waals surface area contributed by atoms with E-state index in [1.54, 1.807) is 13.3 Å². The Balaban J connectivity index is 1.71. The first-order valence-corrected chi connectivity index (χ1v) is 10.6. The molecule has 0 spiro atoms. The van der Waals surface area contributed by atoms with E-state index in [0.29, 0.717) is 11.9 Å². The average molecular weight is 346 g/mol. The molecule has 0 aliphatic carbocycles. The molecule has 8 heteroatoms. The average Bonchev–Trinajstić information content (AvgIpc) is 2.55. The van der Waals surface area contributed by atoms with E-state index in [4.69, 9.17) is 0 Å². The van der Waals surface area contributed by atoms with Crippen molar-refractivity contribution in [2.75, 3.05) is 56.8 Å². The largest absolute Gasteiger partial charge is 0.338 e. The van der Waals surface area contributed by atoms with E-state index < -0.39 is 7.14 Å². The van der Waals surface area contributed by atoms with Gasteiger partial charge in [0, 0.05) is 37.2 Å².